The van der Waals surface area contributed by atoms with Gasteiger partial charge in [-0.1, -0.05) is 17.7 Å². The molecule has 20 heavy (non-hydrogen) atoms. The van der Waals surface area contributed by atoms with Gasteiger partial charge in [0.25, 0.3) is 0 Å². The van der Waals surface area contributed by atoms with Crippen molar-refractivity contribution in [3.05, 3.63) is 28.8 Å². The van der Waals surface area contributed by atoms with Gasteiger partial charge in [-0.25, -0.2) is 8.42 Å². The molecule has 2 rings (SSSR count). The average molecular weight is 317 g/mol. The van der Waals surface area contributed by atoms with E-state index in [-0.39, 0.29) is 12.1 Å². The van der Waals surface area contributed by atoms with Crippen LogP contribution in [-0.4, -0.2) is 31.9 Å². The van der Waals surface area contributed by atoms with Gasteiger partial charge < -0.3 is 5.73 Å². The smallest absolute Gasteiger partial charge is 0.243 e. The summed E-state index contributed by atoms with van der Waals surface area (Å²) in [5, 5.41) is 0.477. The maximum atomic E-state index is 12.7. The number of benzene rings is 1. The SMILES string of the molecule is Cc1c(Cl)cccc1S(=O)(=O)N(C)C1CCC(N)CC1. The molecule has 0 atom stereocenters. The summed E-state index contributed by atoms with van der Waals surface area (Å²) in [7, 11) is -1.85. The molecule has 0 aromatic heterocycles. The molecular weight excluding hydrogens is 296 g/mol. The molecule has 1 aromatic rings. The van der Waals surface area contributed by atoms with Crippen LogP contribution in [0.3, 0.4) is 0 Å². The van der Waals surface area contributed by atoms with Crippen LogP contribution in [0.25, 0.3) is 0 Å². The summed E-state index contributed by atoms with van der Waals surface area (Å²) in [6.07, 6.45) is 3.38. The molecule has 112 valence electrons. The normalized spacial score (nSPS) is 24.1. The lowest BCUT2D eigenvalue weighted by molar-refractivity contribution is 0.268. The molecule has 2 N–H and O–H groups in total. The van der Waals surface area contributed by atoms with Gasteiger partial charge in [0.2, 0.25) is 10.0 Å². The lowest BCUT2D eigenvalue weighted by Crippen LogP contribution is -2.41. The average Bonchev–Trinajstić information content (AvgIpc) is 2.41. The highest BCUT2D eigenvalue weighted by molar-refractivity contribution is 7.89. The first-order chi connectivity index (χ1) is 9.34. The van der Waals surface area contributed by atoms with E-state index in [4.69, 9.17) is 17.3 Å². The number of hydrogen-bond donors (Lipinski definition) is 1. The Morgan fingerprint density at radius 1 is 1.25 bits per heavy atom. The number of hydrogen-bond acceptors (Lipinski definition) is 3. The zero-order valence-electron chi connectivity index (χ0n) is 11.8. The van der Waals surface area contributed by atoms with Crippen molar-refractivity contribution in [1.29, 1.82) is 0 Å². The van der Waals surface area contributed by atoms with Crippen molar-refractivity contribution in [3.63, 3.8) is 0 Å². The Kier molecular flexibility index (Phi) is 4.74. The van der Waals surface area contributed by atoms with E-state index in [0.29, 0.717) is 15.5 Å². The van der Waals surface area contributed by atoms with Crippen LogP contribution in [0.1, 0.15) is 31.2 Å². The standard InChI is InChI=1S/C14H21ClN2O2S/c1-10-13(15)4-3-5-14(10)20(18,19)17(2)12-8-6-11(16)7-9-12/h3-5,11-12H,6-9,16H2,1-2H3. The second kappa shape index (κ2) is 6.02. The van der Waals surface area contributed by atoms with Crippen LogP contribution in [-0.2, 0) is 10.0 Å². The van der Waals surface area contributed by atoms with Crippen LogP contribution < -0.4 is 5.73 Å². The van der Waals surface area contributed by atoms with Crippen molar-refractivity contribution >= 4 is 21.6 Å². The minimum Gasteiger partial charge on any atom is -0.328 e. The monoisotopic (exact) mass is 316 g/mol. The number of nitrogens with zero attached hydrogens (tertiary/aromatic N) is 1. The van der Waals surface area contributed by atoms with Gasteiger partial charge in [0.1, 0.15) is 0 Å². The van der Waals surface area contributed by atoms with E-state index in [1.165, 1.54) is 4.31 Å². The third kappa shape index (κ3) is 3.01. The molecule has 6 heteroatoms. The first-order valence-corrected chi connectivity index (χ1v) is 8.64. The van der Waals surface area contributed by atoms with E-state index in [1.54, 1.807) is 32.2 Å². The Morgan fingerprint density at radius 2 is 1.85 bits per heavy atom. The van der Waals surface area contributed by atoms with Gasteiger partial charge in [-0.15, -0.1) is 0 Å². The lowest BCUT2D eigenvalue weighted by atomic mass is 9.92. The Balaban J connectivity index is 2.28. The van der Waals surface area contributed by atoms with Crippen molar-refractivity contribution in [3.8, 4) is 0 Å². The van der Waals surface area contributed by atoms with Crippen molar-refractivity contribution < 1.29 is 8.42 Å². The van der Waals surface area contributed by atoms with Crippen molar-refractivity contribution in [2.24, 2.45) is 5.73 Å². The number of sulfonamides is 1. The van der Waals surface area contributed by atoms with Gasteiger partial charge in [0.15, 0.2) is 0 Å². The summed E-state index contributed by atoms with van der Waals surface area (Å²) in [5.41, 5.74) is 6.48. The van der Waals surface area contributed by atoms with Crippen LogP contribution in [0.2, 0.25) is 5.02 Å². The summed E-state index contributed by atoms with van der Waals surface area (Å²) in [4.78, 5) is 0.294. The van der Waals surface area contributed by atoms with Crippen LogP contribution >= 0.6 is 11.6 Å². The van der Waals surface area contributed by atoms with Crippen LogP contribution in [0, 0.1) is 6.92 Å². The molecule has 4 nitrogen and oxygen atoms in total. The fraction of sp³-hybridized carbons (Fsp3) is 0.571. The molecule has 0 amide bonds. The van der Waals surface area contributed by atoms with Crippen LogP contribution in [0.4, 0.5) is 0 Å². The van der Waals surface area contributed by atoms with Gasteiger partial charge in [-0.05, 0) is 50.3 Å². The molecule has 1 aliphatic carbocycles. The molecule has 1 aliphatic rings. The van der Waals surface area contributed by atoms with E-state index in [1.807, 2.05) is 0 Å². The Morgan fingerprint density at radius 3 is 2.45 bits per heavy atom. The topological polar surface area (TPSA) is 63.4 Å². The van der Waals surface area contributed by atoms with Crippen molar-refractivity contribution in [2.75, 3.05) is 7.05 Å². The minimum atomic E-state index is -3.50. The fourth-order valence-corrected chi connectivity index (χ4v) is 4.58. The molecule has 0 aliphatic heterocycles. The molecule has 0 unspecified atom stereocenters. The highest BCUT2D eigenvalue weighted by Crippen LogP contribution is 2.29. The minimum absolute atomic E-state index is 0.0261. The molecule has 1 saturated carbocycles. The zero-order valence-corrected chi connectivity index (χ0v) is 13.4. The maximum absolute atomic E-state index is 12.7. The lowest BCUT2D eigenvalue weighted by Gasteiger charge is -2.33. The molecule has 0 saturated heterocycles. The van der Waals surface area contributed by atoms with Crippen LogP contribution in [0.5, 0.6) is 0 Å². The van der Waals surface area contributed by atoms with Gasteiger partial charge >= 0.3 is 0 Å². The number of nitrogens with two attached hydrogens (primary N) is 1. The van der Waals surface area contributed by atoms with Gasteiger partial charge in [0, 0.05) is 24.2 Å². The maximum Gasteiger partial charge on any atom is 0.243 e. The Hall–Kier alpha value is -0.620. The highest BCUT2D eigenvalue weighted by atomic mass is 35.5. The second-order valence-electron chi connectivity index (χ2n) is 5.45. The Bertz CT molecular complexity index is 581. The van der Waals surface area contributed by atoms with Gasteiger partial charge in [-0.2, -0.15) is 4.31 Å². The Labute approximate surface area is 126 Å². The van der Waals surface area contributed by atoms with Crippen LogP contribution in [0.15, 0.2) is 23.1 Å². The van der Waals surface area contributed by atoms with Crippen molar-refractivity contribution in [2.45, 2.75) is 49.6 Å². The van der Waals surface area contributed by atoms with E-state index in [9.17, 15) is 8.42 Å². The largest absolute Gasteiger partial charge is 0.328 e. The fourth-order valence-electron chi connectivity index (χ4n) is 2.68. The predicted octanol–water partition coefficient (Wildman–Crippen LogP) is 2.54. The van der Waals surface area contributed by atoms with Crippen molar-refractivity contribution in [1.82, 2.24) is 4.31 Å². The van der Waals surface area contributed by atoms with E-state index in [0.717, 1.165) is 25.7 Å². The number of halogens is 1. The predicted molar refractivity (Wildman–Crippen MR) is 81.4 cm³/mol. The highest BCUT2D eigenvalue weighted by Gasteiger charge is 2.31. The summed E-state index contributed by atoms with van der Waals surface area (Å²) in [5.74, 6) is 0. The first-order valence-electron chi connectivity index (χ1n) is 6.82. The van der Waals surface area contributed by atoms with E-state index in [2.05, 4.69) is 0 Å². The first kappa shape index (κ1) is 15.8. The molecule has 0 spiro atoms. The third-order valence-electron chi connectivity index (χ3n) is 4.13. The van der Waals surface area contributed by atoms with Gasteiger partial charge in [-0.3, -0.25) is 0 Å². The number of rotatable bonds is 3. The third-order valence-corrected chi connectivity index (χ3v) is 6.59. The zero-order chi connectivity index (χ0) is 14.9. The van der Waals surface area contributed by atoms with Gasteiger partial charge in [0.05, 0.1) is 4.90 Å². The molecule has 1 fully saturated rings. The summed E-state index contributed by atoms with van der Waals surface area (Å²) in [6, 6.07) is 5.22. The molecule has 0 bridgehead atoms. The van der Waals surface area contributed by atoms with E-state index >= 15 is 0 Å². The molecule has 1 aromatic carbocycles. The molecule has 0 radical (unpaired) electrons. The molecule has 0 heterocycles. The summed E-state index contributed by atoms with van der Waals surface area (Å²) >= 11 is 6.03. The second-order valence-corrected chi connectivity index (χ2v) is 7.83. The van der Waals surface area contributed by atoms with E-state index < -0.39 is 10.0 Å². The summed E-state index contributed by atoms with van der Waals surface area (Å²) in [6.45, 7) is 1.74. The summed E-state index contributed by atoms with van der Waals surface area (Å²) < 4.78 is 26.9. The quantitative estimate of drug-likeness (QED) is 0.932. The molecular formula is C14H21ClN2O2S.